The SMILES string of the molecule is COC(=O)C(C)N1CCC2(CC1)CC(=O)N(Cc1ccc(F)c(F)c1)C2. The summed E-state index contributed by atoms with van der Waals surface area (Å²) in [5, 5.41) is 0. The van der Waals surface area contributed by atoms with Crippen molar-refractivity contribution in [2.45, 2.75) is 38.8 Å². The molecule has 0 bridgehead atoms. The van der Waals surface area contributed by atoms with Gasteiger partial charge in [-0.3, -0.25) is 14.5 Å². The summed E-state index contributed by atoms with van der Waals surface area (Å²) in [7, 11) is 1.38. The summed E-state index contributed by atoms with van der Waals surface area (Å²) in [6, 6.07) is 3.46. The van der Waals surface area contributed by atoms with E-state index >= 15 is 0 Å². The van der Waals surface area contributed by atoms with Crippen LogP contribution >= 0.6 is 0 Å². The van der Waals surface area contributed by atoms with Crippen molar-refractivity contribution in [1.29, 1.82) is 0 Å². The average Bonchev–Trinajstić information content (AvgIpc) is 2.92. The lowest BCUT2D eigenvalue weighted by atomic mass is 9.77. The highest BCUT2D eigenvalue weighted by atomic mass is 19.2. The first-order valence-electron chi connectivity index (χ1n) is 8.87. The Morgan fingerprint density at radius 3 is 2.58 bits per heavy atom. The van der Waals surface area contributed by atoms with Crippen molar-refractivity contribution >= 4 is 11.9 Å². The van der Waals surface area contributed by atoms with Crippen LogP contribution in [0, 0.1) is 17.0 Å². The number of carbonyl (C=O) groups is 2. The normalized spacial score (nSPS) is 21.2. The second-order valence-electron chi connectivity index (χ2n) is 7.41. The molecule has 3 rings (SSSR count). The number of ether oxygens (including phenoxy) is 1. The molecule has 0 radical (unpaired) electrons. The zero-order chi connectivity index (χ0) is 18.9. The van der Waals surface area contributed by atoms with E-state index < -0.39 is 11.6 Å². The van der Waals surface area contributed by atoms with E-state index in [1.54, 1.807) is 4.90 Å². The minimum atomic E-state index is -0.894. The zero-order valence-electron chi connectivity index (χ0n) is 15.1. The van der Waals surface area contributed by atoms with Crippen molar-refractivity contribution in [3.05, 3.63) is 35.4 Å². The number of hydrogen-bond donors (Lipinski definition) is 0. The molecular formula is C19H24F2N2O3. The Kier molecular flexibility index (Phi) is 5.27. The Labute approximate surface area is 151 Å². The van der Waals surface area contributed by atoms with Crippen LogP contribution in [-0.2, 0) is 20.9 Å². The number of methoxy groups -OCH3 is 1. The van der Waals surface area contributed by atoms with Crippen LogP contribution in [0.15, 0.2) is 18.2 Å². The van der Waals surface area contributed by atoms with Crippen LogP contribution in [0.3, 0.4) is 0 Å². The molecule has 7 heteroatoms. The molecule has 0 aromatic heterocycles. The molecule has 1 unspecified atom stereocenters. The molecule has 5 nitrogen and oxygen atoms in total. The van der Waals surface area contributed by atoms with Gasteiger partial charge in [-0.25, -0.2) is 8.78 Å². The van der Waals surface area contributed by atoms with Crippen molar-refractivity contribution in [2.75, 3.05) is 26.7 Å². The molecule has 2 fully saturated rings. The van der Waals surface area contributed by atoms with Gasteiger partial charge in [0.2, 0.25) is 5.91 Å². The number of halogens is 2. The van der Waals surface area contributed by atoms with Crippen LogP contribution < -0.4 is 0 Å². The Bertz CT molecular complexity index is 702. The fourth-order valence-electron chi connectivity index (χ4n) is 4.02. The van der Waals surface area contributed by atoms with Crippen molar-refractivity contribution < 1.29 is 23.1 Å². The van der Waals surface area contributed by atoms with E-state index in [2.05, 4.69) is 4.90 Å². The van der Waals surface area contributed by atoms with Gasteiger partial charge >= 0.3 is 5.97 Å². The predicted octanol–water partition coefficient (Wildman–Crippen LogP) is 2.34. The monoisotopic (exact) mass is 366 g/mol. The van der Waals surface area contributed by atoms with Gasteiger partial charge in [0.05, 0.1) is 7.11 Å². The van der Waals surface area contributed by atoms with Gasteiger partial charge in [0.15, 0.2) is 11.6 Å². The molecule has 0 saturated carbocycles. The highest BCUT2D eigenvalue weighted by Crippen LogP contribution is 2.41. The second kappa shape index (κ2) is 7.31. The first-order chi connectivity index (χ1) is 12.3. The van der Waals surface area contributed by atoms with Crippen LogP contribution in [0.5, 0.6) is 0 Å². The molecule has 2 saturated heterocycles. The number of amides is 1. The predicted molar refractivity (Wildman–Crippen MR) is 91.1 cm³/mol. The van der Waals surface area contributed by atoms with E-state index in [0.717, 1.165) is 38.1 Å². The number of rotatable bonds is 4. The molecule has 26 heavy (non-hydrogen) atoms. The van der Waals surface area contributed by atoms with E-state index in [4.69, 9.17) is 4.74 Å². The van der Waals surface area contributed by atoms with Crippen molar-refractivity contribution in [2.24, 2.45) is 5.41 Å². The van der Waals surface area contributed by atoms with Crippen LogP contribution in [-0.4, -0.2) is 54.5 Å². The fourth-order valence-corrected chi connectivity index (χ4v) is 4.02. The van der Waals surface area contributed by atoms with Crippen molar-refractivity contribution in [1.82, 2.24) is 9.80 Å². The lowest BCUT2D eigenvalue weighted by molar-refractivity contribution is -0.147. The molecule has 0 N–H and O–H groups in total. The molecular weight excluding hydrogens is 342 g/mol. The van der Waals surface area contributed by atoms with Gasteiger partial charge in [0.1, 0.15) is 6.04 Å². The molecule has 2 heterocycles. The molecule has 1 aromatic rings. The first-order valence-corrected chi connectivity index (χ1v) is 8.87. The Morgan fingerprint density at radius 1 is 1.27 bits per heavy atom. The van der Waals surface area contributed by atoms with Crippen LogP contribution in [0.25, 0.3) is 0 Å². The van der Waals surface area contributed by atoms with Gasteiger partial charge < -0.3 is 9.64 Å². The Hall–Kier alpha value is -2.02. The minimum absolute atomic E-state index is 0.0456. The summed E-state index contributed by atoms with van der Waals surface area (Å²) in [5.74, 6) is -1.98. The van der Waals surface area contributed by atoms with Gasteiger partial charge in [0.25, 0.3) is 0 Å². The van der Waals surface area contributed by atoms with Crippen molar-refractivity contribution in [3.8, 4) is 0 Å². The lowest BCUT2D eigenvalue weighted by Gasteiger charge is -2.40. The summed E-state index contributed by atoms with van der Waals surface area (Å²) >= 11 is 0. The molecule has 1 aromatic carbocycles. The van der Waals surface area contributed by atoms with Gasteiger partial charge in [0, 0.05) is 19.5 Å². The Balaban J connectivity index is 1.61. The summed E-state index contributed by atoms with van der Waals surface area (Å²) in [6.07, 6.45) is 2.12. The van der Waals surface area contributed by atoms with Crippen molar-refractivity contribution in [3.63, 3.8) is 0 Å². The molecule has 1 amide bonds. The average molecular weight is 366 g/mol. The third-order valence-electron chi connectivity index (χ3n) is 5.71. The molecule has 2 aliphatic heterocycles. The number of benzene rings is 1. The number of hydrogen-bond acceptors (Lipinski definition) is 4. The molecule has 142 valence electrons. The standard InChI is InChI=1S/C19H24F2N2O3/c1-13(18(25)26-2)22-7-5-19(6-8-22)10-17(24)23(12-19)11-14-3-4-15(20)16(21)9-14/h3-4,9,13H,5-8,10-12H2,1-2H3. The van der Waals surface area contributed by atoms with Gasteiger partial charge in [-0.15, -0.1) is 0 Å². The van der Waals surface area contributed by atoms with E-state index in [1.807, 2.05) is 6.92 Å². The summed E-state index contributed by atoms with van der Waals surface area (Å²) in [6.45, 7) is 4.22. The summed E-state index contributed by atoms with van der Waals surface area (Å²) < 4.78 is 31.3. The van der Waals surface area contributed by atoms with Gasteiger partial charge in [-0.1, -0.05) is 6.07 Å². The largest absolute Gasteiger partial charge is 0.468 e. The molecule has 1 spiro atoms. The van der Waals surface area contributed by atoms with Gasteiger partial charge in [-0.2, -0.15) is 0 Å². The number of carbonyl (C=O) groups excluding carboxylic acids is 2. The lowest BCUT2D eigenvalue weighted by Crippen LogP contribution is -2.48. The quantitative estimate of drug-likeness (QED) is 0.768. The maximum atomic E-state index is 13.4. The number of likely N-dealkylation sites (tertiary alicyclic amines) is 2. The maximum absolute atomic E-state index is 13.4. The van der Waals surface area contributed by atoms with E-state index in [0.29, 0.717) is 25.1 Å². The van der Waals surface area contributed by atoms with Crippen LogP contribution in [0.4, 0.5) is 8.78 Å². The highest BCUT2D eigenvalue weighted by molar-refractivity contribution is 5.79. The smallest absolute Gasteiger partial charge is 0.322 e. The maximum Gasteiger partial charge on any atom is 0.322 e. The molecule has 1 atom stereocenters. The van der Waals surface area contributed by atoms with E-state index in [-0.39, 0.29) is 23.3 Å². The summed E-state index contributed by atoms with van der Waals surface area (Å²) in [4.78, 5) is 28.0. The topological polar surface area (TPSA) is 49.9 Å². The van der Waals surface area contributed by atoms with Crippen LogP contribution in [0.1, 0.15) is 31.7 Å². The molecule has 0 aliphatic carbocycles. The van der Waals surface area contributed by atoms with Gasteiger partial charge in [-0.05, 0) is 56.0 Å². The highest BCUT2D eigenvalue weighted by Gasteiger charge is 2.45. The number of esters is 1. The second-order valence-corrected chi connectivity index (χ2v) is 7.41. The van der Waals surface area contributed by atoms with E-state index in [1.165, 1.54) is 13.2 Å². The van der Waals surface area contributed by atoms with E-state index in [9.17, 15) is 18.4 Å². The van der Waals surface area contributed by atoms with Crippen LogP contribution in [0.2, 0.25) is 0 Å². The first kappa shape index (κ1) is 18.8. The third-order valence-corrected chi connectivity index (χ3v) is 5.71. The Morgan fingerprint density at radius 2 is 1.96 bits per heavy atom. The number of nitrogens with zero attached hydrogens (tertiary/aromatic N) is 2. The number of piperidine rings is 1. The summed E-state index contributed by atoms with van der Waals surface area (Å²) in [5.41, 5.74) is 0.494. The third kappa shape index (κ3) is 3.72. The molecule has 2 aliphatic rings. The zero-order valence-corrected chi connectivity index (χ0v) is 15.1. The fraction of sp³-hybridized carbons (Fsp3) is 0.579. The minimum Gasteiger partial charge on any atom is -0.468 e.